The van der Waals surface area contributed by atoms with Gasteiger partial charge in [0.05, 0.1) is 0 Å². The third-order valence-corrected chi connectivity index (χ3v) is 4.29. The van der Waals surface area contributed by atoms with E-state index < -0.39 is 5.97 Å². The molecule has 0 spiro atoms. The number of rotatable bonds is 17. The number of carboxylic acids is 1. The minimum atomic E-state index is -0.656. The molecule has 0 radical (unpaired) electrons. The Hall–Kier alpha value is -0.790. The van der Waals surface area contributed by atoms with Crippen molar-refractivity contribution in [3.05, 3.63) is 12.2 Å². The van der Waals surface area contributed by atoms with E-state index in [1.54, 1.807) is 0 Å². The Labute approximate surface area is 144 Å². The first-order valence-corrected chi connectivity index (χ1v) is 9.99. The van der Waals surface area contributed by atoms with E-state index in [0.29, 0.717) is 6.42 Å². The second-order valence-corrected chi connectivity index (χ2v) is 7.28. The van der Waals surface area contributed by atoms with Crippen LogP contribution in [0.1, 0.15) is 110 Å². The van der Waals surface area contributed by atoms with Crippen molar-refractivity contribution in [2.45, 2.75) is 110 Å². The maximum Gasteiger partial charge on any atom is 0.303 e. The number of hydrogen-bond donors (Lipinski definition) is 1. The van der Waals surface area contributed by atoms with Gasteiger partial charge >= 0.3 is 5.97 Å². The fourth-order valence-electron chi connectivity index (χ4n) is 2.79. The summed E-state index contributed by atoms with van der Waals surface area (Å²) in [6.45, 7) is 4.54. The van der Waals surface area contributed by atoms with E-state index in [4.69, 9.17) is 5.11 Å². The van der Waals surface area contributed by atoms with Crippen molar-refractivity contribution in [1.82, 2.24) is 0 Å². The van der Waals surface area contributed by atoms with Crippen LogP contribution in [0.25, 0.3) is 0 Å². The molecule has 1 N–H and O–H groups in total. The third kappa shape index (κ3) is 21.2. The summed E-state index contributed by atoms with van der Waals surface area (Å²) in [7, 11) is 0. The van der Waals surface area contributed by atoms with E-state index in [2.05, 4.69) is 26.0 Å². The number of aliphatic carboxylic acids is 1. The van der Waals surface area contributed by atoms with Gasteiger partial charge in [0.15, 0.2) is 0 Å². The molecule has 23 heavy (non-hydrogen) atoms. The van der Waals surface area contributed by atoms with Crippen LogP contribution >= 0.6 is 0 Å². The number of carboxylic acid groups (broad SMARTS) is 1. The first kappa shape index (κ1) is 22.2. The molecule has 0 unspecified atom stereocenters. The number of allylic oxidation sites excluding steroid dienone is 2. The fraction of sp³-hybridized carbons (Fsp3) is 0.857. The van der Waals surface area contributed by atoms with Crippen LogP contribution in [0, 0.1) is 5.92 Å². The molecule has 0 aromatic carbocycles. The van der Waals surface area contributed by atoms with Crippen LogP contribution in [-0.4, -0.2) is 11.1 Å². The number of carbonyl (C=O) groups is 1. The zero-order valence-electron chi connectivity index (χ0n) is 15.7. The van der Waals surface area contributed by atoms with Crippen LogP contribution in [0.5, 0.6) is 0 Å². The van der Waals surface area contributed by atoms with Crippen LogP contribution < -0.4 is 0 Å². The van der Waals surface area contributed by atoms with Crippen LogP contribution in [0.15, 0.2) is 12.2 Å². The molecule has 2 heteroatoms. The Morgan fingerprint density at radius 2 is 1.17 bits per heavy atom. The lowest BCUT2D eigenvalue weighted by Crippen LogP contribution is -1.93. The summed E-state index contributed by atoms with van der Waals surface area (Å²) in [5.74, 6) is 0.132. The van der Waals surface area contributed by atoms with Crippen molar-refractivity contribution < 1.29 is 9.90 Å². The summed E-state index contributed by atoms with van der Waals surface area (Å²) in [4.78, 5) is 10.4. The molecule has 0 aromatic rings. The maximum atomic E-state index is 10.4. The standard InChI is InChI=1S/C21H40O2/c1-20(2)18-16-14-12-10-8-6-4-3-5-7-9-11-13-15-17-19-21(22)23/h14,16,20H,3-13,15,17-19H2,1-2H3,(H,22,23). The number of unbranched alkanes of at least 4 members (excludes halogenated alkanes) is 12. The van der Waals surface area contributed by atoms with Crippen molar-refractivity contribution in [3.63, 3.8) is 0 Å². The maximum absolute atomic E-state index is 10.4. The van der Waals surface area contributed by atoms with Gasteiger partial charge in [-0.2, -0.15) is 0 Å². The monoisotopic (exact) mass is 324 g/mol. The minimum Gasteiger partial charge on any atom is -0.481 e. The van der Waals surface area contributed by atoms with Gasteiger partial charge < -0.3 is 5.11 Å². The molecule has 0 atom stereocenters. The summed E-state index contributed by atoms with van der Waals surface area (Å²) in [6, 6.07) is 0. The normalized spacial score (nSPS) is 11.6. The molecule has 0 aromatic heterocycles. The predicted octanol–water partition coefficient (Wildman–Crippen LogP) is 7.13. The average molecular weight is 325 g/mol. The highest BCUT2D eigenvalue weighted by Gasteiger charge is 1.97. The molecule has 2 nitrogen and oxygen atoms in total. The summed E-state index contributed by atoms with van der Waals surface area (Å²) < 4.78 is 0. The zero-order valence-corrected chi connectivity index (χ0v) is 15.7. The lowest BCUT2D eigenvalue weighted by Gasteiger charge is -2.02. The van der Waals surface area contributed by atoms with Gasteiger partial charge in [0.25, 0.3) is 0 Å². The molecule has 0 rings (SSSR count). The molecule has 0 saturated heterocycles. The lowest BCUT2D eigenvalue weighted by atomic mass is 10.0. The average Bonchev–Trinajstić information content (AvgIpc) is 2.49. The molecule has 0 fully saturated rings. The van der Waals surface area contributed by atoms with Crippen molar-refractivity contribution >= 4 is 5.97 Å². The van der Waals surface area contributed by atoms with Gasteiger partial charge in [-0.15, -0.1) is 0 Å². The van der Waals surface area contributed by atoms with Crippen molar-refractivity contribution in [2.75, 3.05) is 0 Å². The van der Waals surface area contributed by atoms with Gasteiger partial charge in [-0.05, 0) is 31.6 Å². The Kier molecular flexibility index (Phi) is 17.0. The highest BCUT2D eigenvalue weighted by molar-refractivity contribution is 5.66. The molecule has 0 bridgehead atoms. The van der Waals surface area contributed by atoms with Crippen LogP contribution in [0.4, 0.5) is 0 Å². The first-order chi connectivity index (χ1) is 11.1. The Morgan fingerprint density at radius 1 is 0.739 bits per heavy atom. The Bertz CT molecular complexity index is 282. The van der Waals surface area contributed by atoms with E-state index in [1.807, 2.05) is 0 Å². The van der Waals surface area contributed by atoms with Gasteiger partial charge in [0.1, 0.15) is 0 Å². The van der Waals surface area contributed by atoms with Gasteiger partial charge in [-0.3, -0.25) is 4.79 Å². The molecular weight excluding hydrogens is 284 g/mol. The van der Waals surface area contributed by atoms with Crippen molar-refractivity contribution in [3.8, 4) is 0 Å². The van der Waals surface area contributed by atoms with Crippen molar-refractivity contribution in [1.29, 1.82) is 0 Å². The molecule has 0 aliphatic rings. The fourth-order valence-corrected chi connectivity index (χ4v) is 2.79. The van der Waals surface area contributed by atoms with Gasteiger partial charge in [-0.25, -0.2) is 0 Å². The van der Waals surface area contributed by atoms with E-state index in [0.717, 1.165) is 18.8 Å². The van der Waals surface area contributed by atoms with Crippen LogP contribution in [-0.2, 0) is 4.79 Å². The van der Waals surface area contributed by atoms with Crippen molar-refractivity contribution in [2.24, 2.45) is 5.92 Å². The smallest absolute Gasteiger partial charge is 0.303 e. The zero-order chi connectivity index (χ0) is 17.2. The molecule has 0 saturated carbocycles. The molecule has 0 aliphatic heterocycles. The van der Waals surface area contributed by atoms with E-state index in [9.17, 15) is 4.79 Å². The van der Waals surface area contributed by atoms with Gasteiger partial charge in [0.2, 0.25) is 0 Å². The highest BCUT2D eigenvalue weighted by atomic mass is 16.4. The Morgan fingerprint density at radius 3 is 1.61 bits per heavy atom. The van der Waals surface area contributed by atoms with Gasteiger partial charge in [0, 0.05) is 6.42 Å². The topological polar surface area (TPSA) is 37.3 Å². The van der Waals surface area contributed by atoms with Crippen LogP contribution in [0.2, 0.25) is 0 Å². The SMILES string of the molecule is CC(C)CC=CCCCCCCCCCCCCCCC(=O)O. The molecule has 0 heterocycles. The van der Waals surface area contributed by atoms with E-state index in [-0.39, 0.29) is 0 Å². The second-order valence-electron chi connectivity index (χ2n) is 7.28. The highest BCUT2D eigenvalue weighted by Crippen LogP contribution is 2.13. The molecular formula is C21H40O2. The molecule has 136 valence electrons. The van der Waals surface area contributed by atoms with E-state index >= 15 is 0 Å². The summed E-state index contributed by atoms with van der Waals surface area (Å²) in [6.07, 6.45) is 22.9. The molecule has 0 aliphatic carbocycles. The predicted molar refractivity (Wildman–Crippen MR) is 101 cm³/mol. The lowest BCUT2D eigenvalue weighted by molar-refractivity contribution is -0.137. The largest absolute Gasteiger partial charge is 0.481 e. The summed E-state index contributed by atoms with van der Waals surface area (Å²) in [5.41, 5.74) is 0. The molecule has 0 amide bonds. The van der Waals surface area contributed by atoms with E-state index in [1.165, 1.54) is 77.0 Å². The quantitative estimate of drug-likeness (QED) is 0.228. The number of hydrogen-bond acceptors (Lipinski definition) is 1. The third-order valence-electron chi connectivity index (χ3n) is 4.29. The second kappa shape index (κ2) is 17.6. The summed E-state index contributed by atoms with van der Waals surface area (Å²) >= 11 is 0. The Balaban J connectivity index is 3.05. The van der Waals surface area contributed by atoms with Gasteiger partial charge in [-0.1, -0.05) is 90.2 Å². The van der Waals surface area contributed by atoms with Crippen LogP contribution in [0.3, 0.4) is 0 Å². The summed E-state index contributed by atoms with van der Waals surface area (Å²) in [5, 5.41) is 8.55. The first-order valence-electron chi connectivity index (χ1n) is 9.99. The minimum absolute atomic E-state index is 0.341.